The summed E-state index contributed by atoms with van der Waals surface area (Å²) in [6.45, 7) is 9.18. The zero-order chi connectivity index (χ0) is 25.3. The number of benzene rings is 3. The molecule has 188 valence electrons. The van der Waals surface area contributed by atoms with Crippen LogP contribution in [0.1, 0.15) is 73.3 Å². The molecule has 3 aliphatic rings. The molecule has 1 heterocycles. The smallest absolute Gasteiger partial charge is 0.160 e. The molecule has 0 saturated carbocycles. The maximum Gasteiger partial charge on any atom is 0.160 e. The van der Waals surface area contributed by atoms with Gasteiger partial charge in [-0.3, -0.25) is 4.79 Å². The predicted octanol–water partition coefficient (Wildman–Crippen LogP) is 8.18. The van der Waals surface area contributed by atoms with Crippen molar-refractivity contribution in [2.75, 3.05) is 18.0 Å². The Labute approximate surface area is 218 Å². The highest BCUT2D eigenvalue weighted by molar-refractivity contribution is 5.98. The van der Waals surface area contributed by atoms with Gasteiger partial charge in [0.1, 0.15) is 0 Å². The summed E-state index contributed by atoms with van der Waals surface area (Å²) in [5, 5.41) is 0. The first-order valence-electron chi connectivity index (χ1n) is 13.7. The van der Waals surface area contributed by atoms with Crippen molar-refractivity contribution in [2.24, 2.45) is 5.92 Å². The summed E-state index contributed by atoms with van der Waals surface area (Å²) in [6, 6.07) is 25.8. The zero-order valence-electron chi connectivity index (χ0n) is 22.2. The van der Waals surface area contributed by atoms with Crippen LogP contribution in [0.15, 0.2) is 78.9 Å². The van der Waals surface area contributed by atoms with Gasteiger partial charge in [0.05, 0.1) is 0 Å². The van der Waals surface area contributed by atoms with Crippen LogP contribution in [-0.4, -0.2) is 18.9 Å². The molecule has 2 heteroatoms. The molecule has 1 fully saturated rings. The third-order valence-corrected chi connectivity index (χ3v) is 7.69. The van der Waals surface area contributed by atoms with Gasteiger partial charge in [-0.05, 0) is 91.3 Å². The highest BCUT2D eigenvalue weighted by atomic mass is 16.1. The number of ketones is 1. The summed E-state index contributed by atoms with van der Waals surface area (Å²) in [6.07, 6.45) is 10.8. The standard InChI is InChI=1S/C12H17N.C11H10O.C11H14/c1-11-7-9-13(10-8-11)12-5-3-2-4-6-12;1-8-2-3-9-4-5-11(12)7-10(9)6-8;1-9-5-4-7-10-6-2-3-8-11(9)10/h2-6,11H,7-10H2,1H3;2-6H,7H2,1H3;2-3,6,8-9H,4-5,7H2,1H3. The molecule has 0 amide bonds. The van der Waals surface area contributed by atoms with Crippen molar-refractivity contribution in [2.45, 2.75) is 65.2 Å². The molecule has 2 nitrogen and oxygen atoms in total. The number of carbonyl (C=O) groups is 1. The summed E-state index contributed by atoms with van der Waals surface area (Å²) in [7, 11) is 0. The molecular weight excluding hydrogens is 438 g/mol. The first-order valence-corrected chi connectivity index (χ1v) is 13.7. The molecular formula is C34H41NO. The van der Waals surface area contributed by atoms with Crippen molar-refractivity contribution in [3.05, 3.63) is 107 Å². The molecule has 0 radical (unpaired) electrons. The molecule has 0 spiro atoms. The number of piperidine rings is 1. The van der Waals surface area contributed by atoms with Gasteiger partial charge >= 0.3 is 0 Å². The number of rotatable bonds is 1. The van der Waals surface area contributed by atoms with Gasteiger partial charge in [0.15, 0.2) is 5.78 Å². The Morgan fingerprint density at radius 3 is 2.25 bits per heavy atom. The number of allylic oxidation sites excluding steroid dienone is 1. The summed E-state index contributed by atoms with van der Waals surface area (Å²) >= 11 is 0. The minimum atomic E-state index is 0.202. The largest absolute Gasteiger partial charge is 0.372 e. The Bertz CT molecular complexity index is 1150. The maximum atomic E-state index is 11.1. The van der Waals surface area contributed by atoms with Crippen LogP contribution in [0.25, 0.3) is 6.08 Å². The second-order valence-electron chi connectivity index (χ2n) is 10.7. The Morgan fingerprint density at radius 2 is 1.50 bits per heavy atom. The lowest BCUT2D eigenvalue weighted by molar-refractivity contribution is -0.114. The first-order chi connectivity index (χ1) is 17.5. The molecule has 36 heavy (non-hydrogen) atoms. The normalized spacial score (nSPS) is 18.7. The second-order valence-corrected chi connectivity index (χ2v) is 10.7. The highest BCUT2D eigenvalue weighted by Crippen LogP contribution is 2.30. The topological polar surface area (TPSA) is 20.3 Å². The van der Waals surface area contributed by atoms with Gasteiger partial charge in [-0.2, -0.15) is 0 Å². The fourth-order valence-electron chi connectivity index (χ4n) is 5.38. The maximum absolute atomic E-state index is 11.1. The number of hydrogen-bond acceptors (Lipinski definition) is 2. The van der Waals surface area contributed by atoms with Crippen LogP contribution in [0.2, 0.25) is 0 Å². The van der Waals surface area contributed by atoms with E-state index in [-0.39, 0.29) is 5.78 Å². The summed E-state index contributed by atoms with van der Waals surface area (Å²) < 4.78 is 0. The zero-order valence-corrected chi connectivity index (χ0v) is 22.2. The molecule has 1 atom stereocenters. The lowest BCUT2D eigenvalue weighted by Gasteiger charge is -2.32. The van der Waals surface area contributed by atoms with Crippen molar-refractivity contribution in [3.63, 3.8) is 0 Å². The van der Waals surface area contributed by atoms with E-state index in [0.29, 0.717) is 6.42 Å². The van der Waals surface area contributed by atoms with Gasteiger partial charge in [-0.1, -0.05) is 86.2 Å². The SMILES string of the molecule is CC1CCCc2ccccc21.CC1CCN(c2ccccc2)CC1.Cc1ccc2c(c1)CC(=O)C=C2. The van der Waals surface area contributed by atoms with Crippen molar-refractivity contribution >= 4 is 17.5 Å². The second kappa shape index (κ2) is 12.7. The lowest BCUT2D eigenvalue weighted by Crippen LogP contribution is -2.32. The first kappa shape index (κ1) is 25.9. The van der Waals surface area contributed by atoms with E-state index in [0.717, 1.165) is 17.4 Å². The Hall–Kier alpha value is -3.13. The Morgan fingerprint density at radius 1 is 0.778 bits per heavy atom. The molecule has 1 unspecified atom stereocenters. The van der Waals surface area contributed by atoms with Crippen molar-refractivity contribution in [3.8, 4) is 0 Å². The van der Waals surface area contributed by atoms with E-state index < -0.39 is 0 Å². The third-order valence-electron chi connectivity index (χ3n) is 7.69. The number of nitrogens with zero attached hydrogens (tertiary/aromatic N) is 1. The molecule has 6 rings (SSSR count). The van der Waals surface area contributed by atoms with Crippen LogP contribution < -0.4 is 4.90 Å². The Balaban J connectivity index is 0.000000127. The van der Waals surface area contributed by atoms with E-state index in [1.807, 2.05) is 13.0 Å². The molecule has 1 aliphatic heterocycles. The van der Waals surface area contributed by atoms with Crippen LogP contribution in [-0.2, 0) is 17.6 Å². The van der Waals surface area contributed by atoms with E-state index in [4.69, 9.17) is 0 Å². The summed E-state index contributed by atoms with van der Waals surface area (Å²) in [5.41, 5.74) is 8.10. The monoisotopic (exact) mass is 479 g/mol. The van der Waals surface area contributed by atoms with Crippen LogP contribution in [0, 0.1) is 12.8 Å². The van der Waals surface area contributed by atoms with Gasteiger partial charge in [-0.15, -0.1) is 0 Å². The Kier molecular flexibility index (Phi) is 9.17. The van der Waals surface area contributed by atoms with E-state index in [1.165, 1.54) is 62.0 Å². The molecule has 0 bridgehead atoms. The lowest BCUT2D eigenvalue weighted by atomic mass is 9.84. The van der Waals surface area contributed by atoms with Crippen LogP contribution in [0.4, 0.5) is 5.69 Å². The van der Waals surface area contributed by atoms with Gasteiger partial charge in [-0.25, -0.2) is 0 Å². The van der Waals surface area contributed by atoms with Crippen LogP contribution >= 0.6 is 0 Å². The number of hydrogen-bond donors (Lipinski definition) is 0. The summed E-state index contributed by atoms with van der Waals surface area (Å²) in [5.74, 6) is 1.91. The summed E-state index contributed by atoms with van der Waals surface area (Å²) in [4.78, 5) is 13.5. The quantitative estimate of drug-likeness (QED) is 0.351. The van der Waals surface area contributed by atoms with Gasteiger partial charge < -0.3 is 4.90 Å². The van der Waals surface area contributed by atoms with E-state index >= 15 is 0 Å². The van der Waals surface area contributed by atoms with Gasteiger partial charge in [0.25, 0.3) is 0 Å². The number of para-hydroxylation sites is 1. The van der Waals surface area contributed by atoms with E-state index in [9.17, 15) is 4.79 Å². The van der Waals surface area contributed by atoms with Crippen molar-refractivity contribution in [1.29, 1.82) is 0 Å². The van der Waals surface area contributed by atoms with E-state index in [2.05, 4.69) is 91.5 Å². The molecule has 0 aromatic heterocycles. The third kappa shape index (κ3) is 7.20. The fraction of sp³-hybridized carbons (Fsp3) is 0.382. The predicted molar refractivity (Wildman–Crippen MR) is 154 cm³/mol. The average molecular weight is 480 g/mol. The average Bonchev–Trinajstić information content (AvgIpc) is 2.90. The molecule has 3 aromatic carbocycles. The van der Waals surface area contributed by atoms with E-state index in [1.54, 1.807) is 17.2 Å². The molecule has 0 N–H and O–H groups in total. The number of anilines is 1. The molecule has 2 aliphatic carbocycles. The van der Waals surface area contributed by atoms with Crippen LogP contribution in [0.3, 0.4) is 0 Å². The molecule has 3 aromatic rings. The van der Waals surface area contributed by atoms with Crippen LogP contribution in [0.5, 0.6) is 0 Å². The number of fused-ring (bicyclic) bond motifs is 2. The number of carbonyl (C=O) groups excluding carboxylic acids is 1. The van der Waals surface area contributed by atoms with Gasteiger partial charge in [0, 0.05) is 25.2 Å². The minimum Gasteiger partial charge on any atom is -0.372 e. The highest BCUT2D eigenvalue weighted by Gasteiger charge is 2.15. The van der Waals surface area contributed by atoms with Gasteiger partial charge in [0.2, 0.25) is 0 Å². The fourth-order valence-corrected chi connectivity index (χ4v) is 5.38. The van der Waals surface area contributed by atoms with Crippen molar-refractivity contribution < 1.29 is 4.79 Å². The minimum absolute atomic E-state index is 0.202. The molecule has 1 saturated heterocycles. The van der Waals surface area contributed by atoms with Crippen molar-refractivity contribution in [1.82, 2.24) is 0 Å². The number of aryl methyl sites for hydroxylation is 2.